The average molecular weight is 534 g/mol. The number of nitrogens with zero attached hydrogens (tertiary/aromatic N) is 1. The molecule has 0 heterocycles. The van der Waals surface area contributed by atoms with Crippen molar-refractivity contribution in [3.63, 3.8) is 0 Å². The highest BCUT2D eigenvalue weighted by molar-refractivity contribution is 14.1. The minimum atomic E-state index is -0.306. The first-order chi connectivity index (χ1) is 14.5. The lowest BCUT2D eigenvalue weighted by Gasteiger charge is -2.15. The zero-order valence-electron chi connectivity index (χ0n) is 16.2. The number of hydrogen-bond acceptors (Lipinski definition) is 3. The first-order valence-electron chi connectivity index (χ1n) is 9.22. The summed E-state index contributed by atoms with van der Waals surface area (Å²) in [6.07, 6.45) is 1.77. The zero-order valence-corrected chi connectivity index (χ0v) is 19.1. The summed E-state index contributed by atoms with van der Waals surface area (Å²) in [5.41, 5.74) is 2.63. The molecule has 0 atom stereocenters. The van der Waals surface area contributed by atoms with Crippen LogP contribution in [0.25, 0.3) is 11.6 Å². The Balaban J connectivity index is 1.94. The number of rotatable bonds is 7. The number of ether oxygens (including phenoxy) is 2. The summed E-state index contributed by atoms with van der Waals surface area (Å²) < 4.78 is 26.0. The fourth-order valence-electron chi connectivity index (χ4n) is 2.87. The molecule has 0 unspecified atom stereocenters. The molecule has 0 saturated heterocycles. The molecule has 6 heteroatoms. The molecular formula is C24H18ClFINO2. The van der Waals surface area contributed by atoms with Gasteiger partial charge >= 0.3 is 0 Å². The molecule has 0 fully saturated rings. The van der Waals surface area contributed by atoms with Gasteiger partial charge in [-0.2, -0.15) is 5.26 Å². The van der Waals surface area contributed by atoms with Crippen molar-refractivity contribution >= 4 is 45.8 Å². The lowest BCUT2D eigenvalue weighted by atomic mass is 10.0. The Bertz CT molecular complexity index is 1120. The second kappa shape index (κ2) is 10.5. The summed E-state index contributed by atoms with van der Waals surface area (Å²) in [7, 11) is 0. The van der Waals surface area contributed by atoms with Crippen LogP contribution in [0.5, 0.6) is 11.5 Å². The lowest BCUT2D eigenvalue weighted by Crippen LogP contribution is -2.02. The maximum Gasteiger partial charge on any atom is 0.175 e. The van der Waals surface area contributed by atoms with Crippen molar-refractivity contribution in [3.05, 3.63) is 91.8 Å². The van der Waals surface area contributed by atoms with E-state index >= 15 is 0 Å². The van der Waals surface area contributed by atoms with Crippen molar-refractivity contribution in [2.45, 2.75) is 13.5 Å². The zero-order chi connectivity index (χ0) is 21.5. The molecule has 0 bridgehead atoms. The van der Waals surface area contributed by atoms with Crippen molar-refractivity contribution in [3.8, 4) is 17.6 Å². The summed E-state index contributed by atoms with van der Waals surface area (Å²) in [5.74, 6) is 0.832. The first-order valence-corrected chi connectivity index (χ1v) is 10.7. The highest BCUT2D eigenvalue weighted by atomic mass is 127. The second-order valence-corrected chi connectivity index (χ2v) is 7.90. The Morgan fingerprint density at radius 2 is 1.93 bits per heavy atom. The van der Waals surface area contributed by atoms with E-state index in [9.17, 15) is 9.65 Å². The van der Waals surface area contributed by atoms with Crippen LogP contribution in [-0.2, 0) is 6.61 Å². The van der Waals surface area contributed by atoms with Gasteiger partial charge in [0.15, 0.2) is 11.5 Å². The third-order valence-corrected chi connectivity index (χ3v) is 5.33. The number of allylic oxidation sites excluding steroid dienone is 1. The molecule has 3 aromatic rings. The Morgan fingerprint density at radius 1 is 1.13 bits per heavy atom. The van der Waals surface area contributed by atoms with Gasteiger partial charge in [-0.3, -0.25) is 0 Å². The normalized spacial score (nSPS) is 11.1. The summed E-state index contributed by atoms with van der Waals surface area (Å²) in [4.78, 5) is 0. The van der Waals surface area contributed by atoms with Gasteiger partial charge in [0.2, 0.25) is 0 Å². The number of nitriles is 1. The van der Waals surface area contributed by atoms with Gasteiger partial charge in [-0.1, -0.05) is 41.9 Å². The van der Waals surface area contributed by atoms with Crippen molar-refractivity contribution in [2.75, 3.05) is 6.61 Å². The van der Waals surface area contributed by atoms with Crippen LogP contribution in [0.4, 0.5) is 4.39 Å². The maximum absolute atomic E-state index is 13.4. The van der Waals surface area contributed by atoms with Crippen LogP contribution in [0, 0.1) is 20.7 Å². The van der Waals surface area contributed by atoms with Crippen LogP contribution in [0.15, 0.2) is 60.7 Å². The third kappa shape index (κ3) is 5.53. The minimum Gasteiger partial charge on any atom is -0.490 e. The van der Waals surface area contributed by atoms with Gasteiger partial charge in [0.1, 0.15) is 12.4 Å². The van der Waals surface area contributed by atoms with Crippen LogP contribution >= 0.6 is 34.2 Å². The van der Waals surface area contributed by atoms with Crippen molar-refractivity contribution in [1.29, 1.82) is 5.26 Å². The molecule has 0 radical (unpaired) electrons. The van der Waals surface area contributed by atoms with E-state index in [2.05, 4.69) is 28.7 Å². The van der Waals surface area contributed by atoms with E-state index in [-0.39, 0.29) is 12.4 Å². The molecule has 30 heavy (non-hydrogen) atoms. The Labute approximate surface area is 193 Å². The molecule has 3 rings (SSSR count). The minimum absolute atomic E-state index is 0.214. The lowest BCUT2D eigenvalue weighted by molar-refractivity contribution is 0.267. The monoisotopic (exact) mass is 533 g/mol. The SMILES string of the molecule is CCOc1cc(C=C(C#N)c2ccccc2Cl)cc(I)c1OCc1cccc(F)c1. The summed E-state index contributed by atoms with van der Waals surface area (Å²) in [6, 6.07) is 19.4. The van der Waals surface area contributed by atoms with E-state index < -0.39 is 0 Å². The second-order valence-electron chi connectivity index (χ2n) is 6.33. The predicted molar refractivity (Wildman–Crippen MR) is 126 cm³/mol. The van der Waals surface area contributed by atoms with Crippen LogP contribution in [-0.4, -0.2) is 6.61 Å². The van der Waals surface area contributed by atoms with Crippen LogP contribution < -0.4 is 9.47 Å². The summed E-state index contributed by atoms with van der Waals surface area (Å²) in [6.45, 7) is 2.55. The van der Waals surface area contributed by atoms with Gasteiger partial charge in [-0.05, 0) is 77.0 Å². The highest BCUT2D eigenvalue weighted by Crippen LogP contribution is 2.36. The average Bonchev–Trinajstić information content (AvgIpc) is 2.72. The smallest absolute Gasteiger partial charge is 0.175 e. The van der Waals surface area contributed by atoms with E-state index in [0.717, 1.165) is 14.7 Å². The van der Waals surface area contributed by atoms with Gasteiger partial charge in [-0.15, -0.1) is 0 Å². The Morgan fingerprint density at radius 3 is 2.63 bits per heavy atom. The van der Waals surface area contributed by atoms with E-state index in [4.69, 9.17) is 21.1 Å². The highest BCUT2D eigenvalue weighted by Gasteiger charge is 2.14. The largest absolute Gasteiger partial charge is 0.490 e. The topological polar surface area (TPSA) is 42.2 Å². The van der Waals surface area contributed by atoms with Crippen molar-refractivity contribution < 1.29 is 13.9 Å². The first kappa shape index (κ1) is 22.1. The molecule has 0 aliphatic carbocycles. The standard InChI is InChI=1S/C24H18ClFINO2/c1-2-29-23-13-17(10-18(14-28)20-8-3-4-9-21(20)25)12-22(27)24(23)30-15-16-6-5-7-19(26)11-16/h3-13H,2,15H2,1H3. The quantitative estimate of drug-likeness (QED) is 0.184. The number of hydrogen-bond donors (Lipinski definition) is 0. The summed E-state index contributed by atoms with van der Waals surface area (Å²) in [5, 5.41) is 10.1. The summed E-state index contributed by atoms with van der Waals surface area (Å²) >= 11 is 8.41. The maximum atomic E-state index is 13.4. The van der Waals surface area contributed by atoms with Crippen LogP contribution in [0.3, 0.4) is 0 Å². The van der Waals surface area contributed by atoms with Crippen LogP contribution in [0.1, 0.15) is 23.6 Å². The van der Waals surface area contributed by atoms with Crippen molar-refractivity contribution in [2.24, 2.45) is 0 Å². The van der Waals surface area contributed by atoms with Crippen LogP contribution in [0.2, 0.25) is 5.02 Å². The van der Waals surface area contributed by atoms with E-state index in [1.54, 1.807) is 24.3 Å². The molecule has 3 aromatic carbocycles. The van der Waals surface area contributed by atoms with E-state index in [1.165, 1.54) is 12.1 Å². The Hall–Kier alpha value is -2.56. The molecule has 152 valence electrons. The molecule has 0 aliphatic heterocycles. The van der Waals surface area contributed by atoms with Gasteiger partial charge in [0.25, 0.3) is 0 Å². The Kier molecular flexibility index (Phi) is 7.72. The van der Waals surface area contributed by atoms with Gasteiger partial charge in [0.05, 0.1) is 21.8 Å². The molecule has 3 nitrogen and oxygen atoms in total. The molecule has 0 aliphatic rings. The third-order valence-electron chi connectivity index (χ3n) is 4.20. The van der Waals surface area contributed by atoms with Crippen molar-refractivity contribution in [1.82, 2.24) is 0 Å². The predicted octanol–water partition coefficient (Wildman–Crippen LogP) is 7.13. The van der Waals surface area contributed by atoms with E-state index in [0.29, 0.717) is 34.3 Å². The van der Waals surface area contributed by atoms with Gasteiger partial charge < -0.3 is 9.47 Å². The number of benzene rings is 3. The fourth-order valence-corrected chi connectivity index (χ4v) is 3.89. The molecule has 0 saturated carbocycles. The molecule has 0 N–H and O–H groups in total. The molecular weight excluding hydrogens is 516 g/mol. The molecule has 0 spiro atoms. The van der Waals surface area contributed by atoms with Gasteiger partial charge in [-0.25, -0.2) is 4.39 Å². The van der Waals surface area contributed by atoms with Gasteiger partial charge in [0, 0.05) is 10.6 Å². The fraction of sp³-hybridized carbons (Fsp3) is 0.125. The molecule has 0 aromatic heterocycles. The number of halogens is 3. The molecule has 0 amide bonds. The van der Waals surface area contributed by atoms with E-state index in [1.807, 2.05) is 37.3 Å².